The van der Waals surface area contributed by atoms with Crippen LogP contribution in [0.1, 0.15) is 27.6 Å². The van der Waals surface area contributed by atoms with Crippen LogP contribution in [0, 0.1) is 0 Å². The van der Waals surface area contributed by atoms with E-state index in [9.17, 15) is 9.59 Å². The van der Waals surface area contributed by atoms with Gasteiger partial charge >= 0.3 is 11.9 Å². The average Bonchev–Trinajstić information content (AvgIpc) is 2.17. The summed E-state index contributed by atoms with van der Waals surface area (Å²) in [7, 11) is 0. The van der Waals surface area contributed by atoms with Gasteiger partial charge in [0.05, 0.1) is 12.2 Å². The van der Waals surface area contributed by atoms with Crippen molar-refractivity contribution in [2.45, 2.75) is 6.92 Å². The molecule has 1 aromatic rings. The molecule has 0 aliphatic heterocycles. The first-order valence-corrected chi connectivity index (χ1v) is 4.29. The number of ether oxygens (including phenoxy) is 1. The lowest BCUT2D eigenvalue weighted by Gasteiger charge is -2.07. The third-order valence-corrected chi connectivity index (χ3v) is 1.76. The monoisotopic (exact) mass is 210 g/mol. The molecule has 0 atom stereocenters. The maximum atomic E-state index is 10.8. The molecule has 0 aliphatic carbocycles. The summed E-state index contributed by atoms with van der Waals surface area (Å²) in [5.41, 5.74) is -0.0368. The SMILES string of the molecule is CCOc1cc(C(=O)O)ccc1C(=O)O. The molecule has 0 aromatic heterocycles. The van der Waals surface area contributed by atoms with Gasteiger partial charge in [-0.3, -0.25) is 0 Å². The third kappa shape index (κ3) is 2.46. The highest BCUT2D eigenvalue weighted by Gasteiger charge is 2.13. The number of hydrogen-bond donors (Lipinski definition) is 2. The van der Waals surface area contributed by atoms with Crippen LogP contribution in [0.4, 0.5) is 0 Å². The number of carboxylic acids is 2. The van der Waals surface area contributed by atoms with Crippen LogP contribution in [-0.2, 0) is 0 Å². The molecule has 0 fully saturated rings. The van der Waals surface area contributed by atoms with E-state index in [1.165, 1.54) is 18.2 Å². The number of carbonyl (C=O) groups is 2. The average molecular weight is 210 g/mol. The van der Waals surface area contributed by atoms with Crippen molar-refractivity contribution in [2.24, 2.45) is 0 Å². The molecule has 0 bridgehead atoms. The lowest BCUT2D eigenvalue weighted by Crippen LogP contribution is -2.05. The molecule has 5 nitrogen and oxygen atoms in total. The zero-order valence-corrected chi connectivity index (χ0v) is 8.06. The number of hydrogen-bond acceptors (Lipinski definition) is 3. The summed E-state index contributed by atoms with van der Waals surface area (Å²) in [5.74, 6) is -2.19. The Morgan fingerprint density at radius 2 is 1.93 bits per heavy atom. The smallest absolute Gasteiger partial charge is 0.339 e. The van der Waals surface area contributed by atoms with Gasteiger partial charge in [0.25, 0.3) is 0 Å². The molecule has 0 saturated heterocycles. The fraction of sp³-hybridized carbons (Fsp3) is 0.200. The lowest BCUT2D eigenvalue weighted by atomic mass is 10.1. The van der Waals surface area contributed by atoms with E-state index in [0.717, 1.165) is 0 Å². The Kier molecular flexibility index (Phi) is 3.28. The van der Waals surface area contributed by atoms with E-state index < -0.39 is 11.9 Å². The zero-order valence-electron chi connectivity index (χ0n) is 8.06. The molecular weight excluding hydrogens is 200 g/mol. The van der Waals surface area contributed by atoms with Crippen molar-refractivity contribution in [3.8, 4) is 5.75 Å². The summed E-state index contributed by atoms with van der Waals surface area (Å²) < 4.78 is 5.04. The second-order valence-electron chi connectivity index (χ2n) is 2.75. The maximum Gasteiger partial charge on any atom is 0.339 e. The van der Waals surface area contributed by atoms with Gasteiger partial charge in [-0.15, -0.1) is 0 Å². The summed E-state index contributed by atoms with van der Waals surface area (Å²) in [5, 5.41) is 17.5. The Morgan fingerprint density at radius 3 is 2.40 bits per heavy atom. The molecule has 0 amide bonds. The molecule has 80 valence electrons. The lowest BCUT2D eigenvalue weighted by molar-refractivity contribution is 0.0677. The first-order valence-electron chi connectivity index (χ1n) is 4.29. The highest BCUT2D eigenvalue weighted by Crippen LogP contribution is 2.20. The zero-order chi connectivity index (χ0) is 11.4. The number of carboxylic acid groups (broad SMARTS) is 2. The molecule has 0 spiro atoms. The van der Waals surface area contributed by atoms with Crippen LogP contribution in [0.3, 0.4) is 0 Å². The molecule has 0 unspecified atom stereocenters. The summed E-state index contributed by atoms with van der Waals surface area (Å²) in [4.78, 5) is 21.4. The minimum Gasteiger partial charge on any atom is -0.493 e. The molecule has 0 heterocycles. The van der Waals surface area contributed by atoms with Crippen molar-refractivity contribution >= 4 is 11.9 Å². The molecule has 0 radical (unpaired) electrons. The Balaban J connectivity index is 3.20. The summed E-state index contributed by atoms with van der Waals surface area (Å²) in [6.45, 7) is 1.97. The van der Waals surface area contributed by atoms with Crippen molar-refractivity contribution in [3.63, 3.8) is 0 Å². The minimum atomic E-state index is -1.14. The van der Waals surface area contributed by atoms with E-state index in [0.29, 0.717) is 0 Å². The van der Waals surface area contributed by atoms with Crippen molar-refractivity contribution in [1.82, 2.24) is 0 Å². The van der Waals surface area contributed by atoms with Gasteiger partial charge in [0, 0.05) is 0 Å². The van der Waals surface area contributed by atoms with E-state index in [-0.39, 0.29) is 23.5 Å². The Bertz CT molecular complexity index is 397. The second-order valence-corrected chi connectivity index (χ2v) is 2.75. The summed E-state index contributed by atoms with van der Waals surface area (Å²) in [6.07, 6.45) is 0. The van der Waals surface area contributed by atoms with Crippen molar-refractivity contribution < 1.29 is 24.5 Å². The van der Waals surface area contributed by atoms with Crippen molar-refractivity contribution in [1.29, 1.82) is 0 Å². The van der Waals surface area contributed by atoms with E-state index in [1.807, 2.05) is 0 Å². The van der Waals surface area contributed by atoms with Crippen LogP contribution in [0.15, 0.2) is 18.2 Å². The Hall–Kier alpha value is -2.04. The Morgan fingerprint density at radius 1 is 1.27 bits per heavy atom. The molecule has 0 aliphatic rings. The number of benzene rings is 1. The highest BCUT2D eigenvalue weighted by atomic mass is 16.5. The summed E-state index contributed by atoms with van der Waals surface area (Å²) in [6, 6.07) is 3.65. The van der Waals surface area contributed by atoms with Gasteiger partial charge in [0.1, 0.15) is 11.3 Å². The van der Waals surface area contributed by atoms with Crippen LogP contribution < -0.4 is 4.74 Å². The van der Waals surface area contributed by atoms with Gasteiger partial charge in [-0.05, 0) is 25.1 Å². The minimum absolute atomic E-state index is 0.00319. The first kappa shape index (κ1) is 11.0. The quantitative estimate of drug-likeness (QED) is 0.786. The molecule has 15 heavy (non-hydrogen) atoms. The van der Waals surface area contributed by atoms with Crippen LogP contribution in [0.25, 0.3) is 0 Å². The second kappa shape index (κ2) is 4.45. The van der Waals surface area contributed by atoms with Gasteiger partial charge in [-0.1, -0.05) is 0 Å². The molecular formula is C10H10O5. The van der Waals surface area contributed by atoms with Gasteiger partial charge in [-0.25, -0.2) is 9.59 Å². The van der Waals surface area contributed by atoms with Crippen molar-refractivity contribution in [2.75, 3.05) is 6.61 Å². The predicted octanol–water partition coefficient (Wildman–Crippen LogP) is 1.48. The van der Waals surface area contributed by atoms with Crippen LogP contribution in [0.5, 0.6) is 5.75 Å². The van der Waals surface area contributed by atoms with Gasteiger partial charge in [0.15, 0.2) is 0 Å². The molecule has 0 saturated carbocycles. The van der Waals surface area contributed by atoms with E-state index in [2.05, 4.69) is 0 Å². The fourth-order valence-corrected chi connectivity index (χ4v) is 1.11. The molecule has 5 heteroatoms. The topological polar surface area (TPSA) is 83.8 Å². The van der Waals surface area contributed by atoms with Gasteiger partial charge in [0.2, 0.25) is 0 Å². The first-order chi connectivity index (χ1) is 7.06. The third-order valence-electron chi connectivity index (χ3n) is 1.76. The maximum absolute atomic E-state index is 10.8. The normalized spacial score (nSPS) is 9.67. The van der Waals surface area contributed by atoms with Crippen molar-refractivity contribution in [3.05, 3.63) is 29.3 Å². The number of rotatable bonds is 4. The van der Waals surface area contributed by atoms with E-state index in [4.69, 9.17) is 14.9 Å². The van der Waals surface area contributed by atoms with E-state index in [1.54, 1.807) is 6.92 Å². The highest BCUT2D eigenvalue weighted by molar-refractivity contribution is 5.94. The summed E-state index contributed by atoms with van der Waals surface area (Å²) >= 11 is 0. The standard InChI is InChI=1S/C10H10O5/c1-2-15-8-5-6(9(11)12)3-4-7(8)10(13)14/h3-5H,2H2,1H3,(H,11,12)(H,13,14). The molecule has 1 aromatic carbocycles. The largest absolute Gasteiger partial charge is 0.493 e. The Labute approximate surface area is 85.9 Å². The van der Waals surface area contributed by atoms with Gasteiger partial charge < -0.3 is 14.9 Å². The van der Waals surface area contributed by atoms with Crippen LogP contribution in [0.2, 0.25) is 0 Å². The van der Waals surface area contributed by atoms with E-state index >= 15 is 0 Å². The van der Waals surface area contributed by atoms with Gasteiger partial charge in [-0.2, -0.15) is 0 Å². The molecule has 2 N–H and O–H groups in total. The number of aromatic carboxylic acids is 2. The van der Waals surface area contributed by atoms with Crippen LogP contribution in [-0.4, -0.2) is 28.8 Å². The molecule has 1 rings (SSSR count). The van der Waals surface area contributed by atoms with Crippen LogP contribution >= 0.6 is 0 Å². The predicted molar refractivity (Wildman–Crippen MR) is 51.5 cm³/mol. The fourth-order valence-electron chi connectivity index (χ4n) is 1.11.